The SMILES string of the molecule is [2H]c1c([2H])c2c3cc(-c4cccc(-c5c6ccccc6c(-c6ccccc6)c6ccccc56)c4)c4ccccc4c3oc2c2ccccc12. The predicted octanol–water partition coefficient (Wildman–Crippen LogP) is 13.2. The molecule has 10 rings (SSSR count). The van der Waals surface area contributed by atoms with Crippen molar-refractivity contribution < 1.29 is 7.16 Å². The van der Waals surface area contributed by atoms with Crippen LogP contribution in [0.3, 0.4) is 0 Å². The van der Waals surface area contributed by atoms with Crippen molar-refractivity contribution in [2.45, 2.75) is 0 Å². The molecule has 0 aliphatic rings. The Morgan fingerprint density at radius 1 is 0.340 bits per heavy atom. The van der Waals surface area contributed by atoms with Crippen molar-refractivity contribution in [2.24, 2.45) is 0 Å². The fourth-order valence-corrected chi connectivity index (χ4v) is 7.59. The zero-order chi connectivity index (χ0) is 32.6. The summed E-state index contributed by atoms with van der Waals surface area (Å²) in [5, 5.41) is 10.1. The van der Waals surface area contributed by atoms with Crippen LogP contribution < -0.4 is 0 Å². The first-order chi connectivity index (χ1) is 24.2. The first kappa shape index (κ1) is 24.1. The van der Waals surface area contributed by atoms with Crippen molar-refractivity contribution in [1.29, 1.82) is 0 Å². The van der Waals surface area contributed by atoms with Crippen LogP contribution in [0, 0.1) is 0 Å². The summed E-state index contributed by atoms with van der Waals surface area (Å²) in [5.41, 5.74) is 8.39. The van der Waals surface area contributed by atoms with Gasteiger partial charge in [-0.1, -0.05) is 152 Å². The lowest BCUT2D eigenvalue weighted by Crippen LogP contribution is -1.91. The van der Waals surface area contributed by atoms with Gasteiger partial charge in [0.2, 0.25) is 0 Å². The van der Waals surface area contributed by atoms with Gasteiger partial charge in [-0.3, -0.25) is 0 Å². The Labute approximate surface area is 274 Å². The van der Waals surface area contributed by atoms with Gasteiger partial charge in [0.1, 0.15) is 11.2 Å². The molecule has 1 aromatic heterocycles. The molecule has 0 aliphatic carbocycles. The molecular weight excluding hydrogens is 569 g/mol. The molecule has 0 unspecified atom stereocenters. The lowest BCUT2D eigenvalue weighted by atomic mass is 9.85. The van der Waals surface area contributed by atoms with Crippen molar-refractivity contribution >= 4 is 65.0 Å². The van der Waals surface area contributed by atoms with Crippen molar-refractivity contribution in [3.63, 3.8) is 0 Å². The van der Waals surface area contributed by atoms with Gasteiger partial charge < -0.3 is 4.42 Å². The maximum absolute atomic E-state index is 9.08. The largest absolute Gasteiger partial charge is 0.455 e. The molecule has 0 aliphatic heterocycles. The van der Waals surface area contributed by atoms with Crippen LogP contribution in [0.15, 0.2) is 174 Å². The Bertz CT molecular complexity index is 2900. The minimum absolute atomic E-state index is 0.193. The number of rotatable bonds is 3. The molecule has 0 N–H and O–H groups in total. The van der Waals surface area contributed by atoms with Gasteiger partial charge in [0, 0.05) is 21.5 Å². The normalized spacial score (nSPS) is 12.4. The van der Waals surface area contributed by atoms with E-state index in [1.807, 2.05) is 30.3 Å². The maximum atomic E-state index is 9.08. The molecule has 0 atom stereocenters. The van der Waals surface area contributed by atoms with Crippen LogP contribution in [-0.2, 0) is 0 Å². The van der Waals surface area contributed by atoms with E-state index in [-0.39, 0.29) is 12.1 Å². The van der Waals surface area contributed by atoms with Gasteiger partial charge >= 0.3 is 0 Å². The van der Waals surface area contributed by atoms with E-state index in [0.29, 0.717) is 11.0 Å². The van der Waals surface area contributed by atoms with Crippen LogP contribution in [0.2, 0.25) is 0 Å². The van der Waals surface area contributed by atoms with Crippen LogP contribution in [0.1, 0.15) is 2.74 Å². The molecule has 0 saturated carbocycles. The Morgan fingerprint density at radius 3 is 1.55 bits per heavy atom. The number of furan rings is 1. The molecular formula is C46H28O. The topological polar surface area (TPSA) is 13.1 Å². The average Bonchev–Trinajstić information content (AvgIpc) is 3.56. The molecule has 1 heterocycles. The molecule has 0 bridgehead atoms. The Hall–Kier alpha value is -6.18. The van der Waals surface area contributed by atoms with Crippen molar-refractivity contribution in [3.05, 3.63) is 170 Å². The van der Waals surface area contributed by atoms with Gasteiger partial charge in [0.15, 0.2) is 0 Å². The molecule has 218 valence electrons. The first-order valence-electron chi connectivity index (χ1n) is 17.0. The highest BCUT2D eigenvalue weighted by molar-refractivity contribution is 6.24. The number of hydrogen-bond donors (Lipinski definition) is 0. The van der Waals surface area contributed by atoms with Crippen LogP contribution in [0.5, 0.6) is 0 Å². The second-order valence-electron chi connectivity index (χ2n) is 12.2. The molecule has 9 aromatic carbocycles. The third-order valence-corrected chi connectivity index (χ3v) is 9.65. The molecule has 0 fully saturated rings. The lowest BCUT2D eigenvalue weighted by molar-refractivity contribution is 0.676. The standard InChI is InChI=1S/C46H28O/c1-2-14-30(15-3-1)43-35-20-7-9-22-37(35)44(38-23-10-8-21-36(38)43)32-17-12-16-31(27-32)41-28-42-40-26-25-29-13-4-5-18-33(29)45(40)47-46(42)39-24-11-6-19-34(39)41/h1-28H/i25D,26D. The number of benzene rings is 9. The van der Waals surface area contributed by atoms with Gasteiger partial charge in [-0.25, -0.2) is 0 Å². The highest BCUT2D eigenvalue weighted by atomic mass is 16.3. The highest BCUT2D eigenvalue weighted by Crippen LogP contribution is 2.46. The fraction of sp³-hybridized carbons (Fsp3) is 0. The molecule has 10 aromatic rings. The summed E-state index contributed by atoms with van der Waals surface area (Å²) in [6.07, 6.45) is 0. The summed E-state index contributed by atoms with van der Waals surface area (Å²) < 4.78 is 24.6. The average molecular weight is 599 g/mol. The summed E-state index contributed by atoms with van der Waals surface area (Å²) in [6.45, 7) is 0. The molecule has 0 radical (unpaired) electrons. The van der Waals surface area contributed by atoms with Crippen molar-refractivity contribution in [3.8, 4) is 33.4 Å². The summed E-state index contributed by atoms with van der Waals surface area (Å²) in [5.74, 6) is 0. The fourth-order valence-electron chi connectivity index (χ4n) is 7.59. The zero-order valence-electron chi connectivity index (χ0n) is 27.4. The summed E-state index contributed by atoms with van der Waals surface area (Å²) in [6, 6.07) is 55.7. The predicted molar refractivity (Wildman–Crippen MR) is 200 cm³/mol. The van der Waals surface area contributed by atoms with E-state index in [2.05, 4.69) is 127 Å². The van der Waals surface area contributed by atoms with Gasteiger partial charge in [0.05, 0.1) is 2.74 Å². The second-order valence-corrected chi connectivity index (χ2v) is 12.2. The molecule has 0 saturated heterocycles. The van der Waals surface area contributed by atoms with E-state index in [1.165, 1.54) is 38.2 Å². The van der Waals surface area contributed by atoms with Crippen LogP contribution >= 0.6 is 0 Å². The number of fused-ring (bicyclic) bond motifs is 9. The van der Waals surface area contributed by atoms with E-state index in [9.17, 15) is 0 Å². The second kappa shape index (κ2) is 10.2. The molecule has 0 amide bonds. The lowest BCUT2D eigenvalue weighted by Gasteiger charge is -2.18. The minimum Gasteiger partial charge on any atom is -0.455 e. The van der Waals surface area contributed by atoms with E-state index >= 15 is 0 Å². The van der Waals surface area contributed by atoms with E-state index in [1.54, 1.807) is 0 Å². The first-order valence-corrected chi connectivity index (χ1v) is 16.0. The quantitative estimate of drug-likeness (QED) is 0.184. The summed E-state index contributed by atoms with van der Waals surface area (Å²) in [4.78, 5) is 0. The monoisotopic (exact) mass is 598 g/mol. The molecule has 1 heteroatoms. The molecule has 0 spiro atoms. The van der Waals surface area contributed by atoms with Gasteiger partial charge in [-0.15, -0.1) is 0 Å². The highest BCUT2D eigenvalue weighted by Gasteiger charge is 2.19. The van der Waals surface area contributed by atoms with Gasteiger partial charge in [-0.2, -0.15) is 0 Å². The smallest absolute Gasteiger partial charge is 0.143 e. The van der Waals surface area contributed by atoms with Gasteiger partial charge in [0.25, 0.3) is 0 Å². The van der Waals surface area contributed by atoms with E-state index in [0.717, 1.165) is 49.2 Å². The minimum atomic E-state index is 0.193. The summed E-state index contributed by atoms with van der Waals surface area (Å²) >= 11 is 0. The van der Waals surface area contributed by atoms with Crippen LogP contribution in [-0.4, -0.2) is 0 Å². The third kappa shape index (κ3) is 3.90. The van der Waals surface area contributed by atoms with Crippen LogP contribution in [0.25, 0.3) is 98.4 Å². The Morgan fingerprint density at radius 2 is 0.851 bits per heavy atom. The van der Waals surface area contributed by atoms with E-state index < -0.39 is 0 Å². The molecule has 1 nitrogen and oxygen atoms in total. The maximum Gasteiger partial charge on any atom is 0.143 e. The summed E-state index contributed by atoms with van der Waals surface area (Å²) in [7, 11) is 0. The third-order valence-electron chi connectivity index (χ3n) is 9.65. The number of hydrogen-bond acceptors (Lipinski definition) is 1. The zero-order valence-corrected chi connectivity index (χ0v) is 25.4. The van der Waals surface area contributed by atoms with E-state index in [4.69, 9.17) is 7.16 Å². The van der Waals surface area contributed by atoms with Gasteiger partial charge in [-0.05, 0) is 83.9 Å². The van der Waals surface area contributed by atoms with Crippen molar-refractivity contribution in [1.82, 2.24) is 0 Å². The van der Waals surface area contributed by atoms with Crippen molar-refractivity contribution in [2.75, 3.05) is 0 Å². The Kier molecular flexibility index (Phi) is 5.21. The Balaban J connectivity index is 1.27. The van der Waals surface area contributed by atoms with Crippen LogP contribution in [0.4, 0.5) is 0 Å². The molecule has 47 heavy (non-hydrogen) atoms.